The summed E-state index contributed by atoms with van der Waals surface area (Å²) < 4.78 is 0. The number of carbonyl (C=O) groups is 2. The van der Waals surface area contributed by atoms with Gasteiger partial charge in [0.05, 0.1) is 35.6 Å². The molecule has 0 spiro atoms. The molecule has 3 aromatic rings. The van der Waals surface area contributed by atoms with Gasteiger partial charge in [-0.15, -0.1) is 0 Å². The van der Waals surface area contributed by atoms with Gasteiger partial charge in [0.2, 0.25) is 0 Å². The fourth-order valence-corrected chi connectivity index (χ4v) is 5.87. The number of nitrogens with zero attached hydrogens (tertiary/aromatic N) is 2. The molecule has 0 fully saturated rings. The van der Waals surface area contributed by atoms with Gasteiger partial charge in [-0.25, -0.2) is 9.97 Å². The highest BCUT2D eigenvalue weighted by molar-refractivity contribution is 5.95. The van der Waals surface area contributed by atoms with Gasteiger partial charge >= 0.3 is 11.9 Å². The predicted octanol–water partition coefficient (Wildman–Crippen LogP) is 6.87. The van der Waals surface area contributed by atoms with Crippen LogP contribution in [0.25, 0.3) is 44.4 Å². The van der Waals surface area contributed by atoms with Crippen molar-refractivity contribution in [1.82, 2.24) is 19.9 Å². The normalized spacial score (nSPS) is 13.3. The Kier molecular flexibility index (Phi) is 6.96. The van der Waals surface area contributed by atoms with Crippen LogP contribution in [0.3, 0.4) is 0 Å². The molecule has 5 heterocycles. The van der Waals surface area contributed by atoms with Crippen LogP contribution in [0.1, 0.15) is 85.6 Å². The van der Waals surface area contributed by atoms with Gasteiger partial charge in [-0.1, -0.05) is 13.8 Å². The second kappa shape index (κ2) is 10.3. The SMILES string of the molecule is CCC1=C(C)c2cc3[nH]c(cc4nc(cc5[nH]c(cc1n2)c(C)c5CC(=O)O)C(C)=C4CC)c(C)c3CC(=O)O. The summed E-state index contributed by atoms with van der Waals surface area (Å²) in [5, 5.41) is 19.4. The van der Waals surface area contributed by atoms with Crippen molar-refractivity contribution < 1.29 is 19.8 Å². The van der Waals surface area contributed by atoms with E-state index in [1.807, 2.05) is 52.0 Å². The number of aromatic nitrogens is 4. The monoisotopic (exact) mass is 538 g/mol. The van der Waals surface area contributed by atoms with Crippen LogP contribution in [-0.2, 0) is 22.4 Å². The maximum absolute atomic E-state index is 11.8. The number of allylic oxidation sites excluding steroid dienone is 4. The van der Waals surface area contributed by atoms with Crippen LogP contribution in [0.2, 0.25) is 0 Å². The van der Waals surface area contributed by atoms with Gasteiger partial charge in [-0.2, -0.15) is 0 Å². The highest BCUT2D eigenvalue weighted by atomic mass is 16.4. The van der Waals surface area contributed by atoms with E-state index in [0.29, 0.717) is 0 Å². The number of aliphatic carboxylic acids is 2. The molecule has 3 aromatic heterocycles. The van der Waals surface area contributed by atoms with Gasteiger partial charge in [0.25, 0.3) is 0 Å². The summed E-state index contributed by atoms with van der Waals surface area (Å²) in [6.07, 6.45) is 1.32. The molecule has 8 nitrogen and oxygen atoms in total. The quantitative estimate of drug-likeness (QED) is 0.271. The molecule has 0 aromatic carbocycles. The molecule has 8 heteroatoms. The highest BCUT2D eigenvalue weighted by Gasteiger charge is 2.21. The van der Waals surface area contributed by atoms with E-state index in [4.69, 9.17) is 9.97 Å². The zero-order valence-corrected chi connectivity index (χ0v) is 23.7. The molecule has 0 saturated carbocycles. The third-order valence-electron chi connectivity index (χ3n) is 8.16. The molecule has 0 radical (unpaired) electrons. The minimum Gasteiger partial charge on any atom is -0.481 e. The van der Waals surface area contributed by atoms with E-state index in [-0.39, 0.29) is 12.8 Å². The Labute approximate surface area is 232 Å². The van der Waals surface area contributed by atoms with Crippen LogP contribution in [0, 0.1) is 13.8 Å². The topological polar surface area (TPSA) is 132 Å². The lowest BCUT2D eigenvalue weighted by atomic mass is 10.0. The minimum atomic E-state index is -0.895. The van der Waals surface area contributed by atoms with Crippen LogP contribution < -0.4 is 0 Å². The van der Waals surface area contributed by atoms with Gasteiger partial charge in [0, 0.05) is 22.1 Å². The first-order valence-corrected chi connectivity index (χ1v) is 13.6. The van der Waals surface area contributed by atoms with Crippen molar-refractivity contribution in [3.63, 3.8) is 0 Å². The van der Waals surface area contributed by atoms with Gasteiger partial charge in [0.1, 0.15) is 0 Å². The highest BCUT2D eigenvalue weighted by Crippen LogP contribution is 2.36. The van der Waals surface area contributed by atoms with E-state index in [1.54, 1.807) is 0 Å². The van der Waals surface area contributed by atoms with Crippen molar-refractivity contribution in [2.24, 2.45) is 0 Å². The summed E-state index contributed by atoms with van der Waals surface area (Å²) in [7, 11) is 0. The molecule has 5 rings (SSSR count). The van der Waals surface area contributed by atoms with Gasteiger partial charge in [0.15, 0.2) is 0 Å². The van der Waals surface area contributed by atoms with Gasteiger partial charge in [-0.05, 0) is 109 Å². The first-order valence-electron chi connectivity index (χ1n) is 13.6. The van der Waals surface area contributed by atoms with Gasteiger partial charge in [-0.3, -0.25) is 9.59 Å². The van der Waals surface area contributed by atoms with E-state index in [0.717, 1.165) is 102 Å². The Hall–Kier alpha value is -4.46. The molecule has 4 N–H and O–H groups in total. The fourth-order valence-electron chi connectivity index (χ4n) is 5.87. The van der Waals surface area contributed by atoms with E-state index in [1.165, 1.54) is 0 Å². The maximum Gasteiger partial charge on any atom is 0.307 e. The lowest BCUT2D eigenvalue weighted by Gasteiger charge is -2.00. The van der Waals surface area contributed by atoms with Crippen LogP contribution in [-0.4, -0.2) is 42.1 Å². The van der Waals surface area contributed by atoms with Crippen molar-refractivity contribution in [3.05, 3.63) is 69.3 Å². The number of H-pyrrole nitrogens is 2. The van der Waals surface area contributed by atoms with E-state index in [2.05, 4.69) is 23.8 Å². The third-order valence-corrected chi connectivity index (χ3v) is 8.16. The van der Waals surface area contributed by atoms with E-state index in [9.17, 15) is 19.8 Å². The molecule has 2 aliphatic heterocycles. The smallest absolute Gasteiger partial charge is 0.307 e. The fraction of sp³-hybridized carbons (Fsp3) is 0.312. The summed E-state index contributed by atoms with van der Waals surface area (Å²) in [6, 6.07) is 7.84. The van der Waals surface area contributed by atoms with E-state index >= 15 is 0 Å². The average molecular weight is 539 g/mol. The zero-order valence-electron chi connectivity index (χ0n) is 23.7. The summed E-state index contributed by atoms with van der Waals surface area (Å²) in [4.78, 5) is 40.5. The number of carboxylic acids is 2. The molecular formula is C32H34N4O4. The standard InChI is InChI=1S/C32H34N4O4/c1-7-19-15(3)23-13-29-22(10-32(39)40)18(6)26(36-29)12-28-20(8-2)16(4)24(34-28)14-30-21(9-31(37)38)17(5)25(35-30)11-27(19)33-23/h11-14,35-36H,7-10H2,1-6H3,(H,37,38)(H,39,40). The van der Waals surface area contributed by atoms with Crippen molar-refractivity contribution in [1.29, 1.82) is 0 Å². The lowest BCUT2D eigenvalue weighted by molar-refractivity contribution is -0.137. The van der Waals surface area contributed by atoms with Crippen LogP contribution in [0.4, 0.5) is 0 Å². The first-order chi connectivity index (χ1) is 19.0. The number of fused-ring (bicyclic) bond motifs is 8. The second-order valence-electron chi connectivity index (χ2n) is 10.5. The molecule has 0 aliphatic carbocycles. The molecular weight excluding hydrogens is 504 g/mol. The Morgan fingerprint density at radius 2 is 0.975 bits per heavy atom. The number of hydrogen-bond donors (Lipinski definition) is 4. The number of aryl methyl sites for hydroxylation is 2. The number of aromatic amines is 2. The molecule has 0 amide bonds. The number of rotatable bonds is 6. The molecule has 0 unspecified atom stereocenters. The van der Waals surface area contributed by atoms with Crippen LogP contribution >= 0.6 is 0 Å². The average Bonchev–Trinajstić information content (AvgIpc) is 3.54. The predicted molar refractivity (Wildman–Crippen MR) is 159 cm³/mol. The third kappa shape index (κ3) is 4.63. The van der Waals surface area contributed by atoms with Crippen LogP contribution in [0.15, 0.2) is 24.3 Å². The van der Waals surface area contributed by atoms with Crippen molar-refractivity contribution in [2.45, 2.75) is 67.2 Å². The molecule has 206 valence electrons. The summed E-state index contributed by atoms with van der Waals surface area (Å²) >= 11 is 0. The zero-order chi connectivity index (χ0) is 28.9. The Bertz CT molecular complexity index is 1680. The lowest BCUT2D eigenvalue weighted by Crippen LogP contribution is -2.00. The summed E-state index contributed by atoms with van der Waals surface area (Å²) in [5.74, 6) is -1.79. The van der Waals surface area contributed by atoms with Crippen LogP contribution in [0.5, 0.6) is 0 Å². The molecule has 40 heavy (non-hydrogen) atoms. The first kappa shape index (κ1) is 27.1. The maximum atomic E-state index is 11.8. The number of carboxylic acid groups (broad SMARTS) is 2. The minimum absolute atomic E-state index is 0.106. The Balaban J connectivity index is 1.98. The summed E-state index contributed by atoms with van der Waals surface area (Å²) in [6.45, 7) is 12.1. The van der Waals surface area contributed by atoms with Crippen molar-refractivity contribution in [3.8, 4) is 0 Å². The number of nitrogens with one attached hydrogen (secondary N) is 2. The summed E-state index contributed by atoms with van der Waals surface area (Å²) in [5.41, 5.74) is 13.7. The number of hydrogen-bond acceptors (Lipinski definition) is 4. The van der Waals surface area contributed by atoms with Gasteiger partial charge < -0.3 is 20.2 Å². The van der Waals surface area contributed by atoms with Crippen molar-refractivity contribution >= 4 is 56.3 Å². The van der Waals surface area contributed by atoms with E-state index < -0.39 is 11.9 Å². The Morgan fingerprint density at radius 1 is 0.625 bits per heavy atom. The molecule has 0 atom stereocenters. The molecule has 8 bridgehead atoms. The largest absolute Gasteiger partial charge is 0.481 e. The van der Waals surface area contributed by atoms with Crippen molar-refractivity contribution in [2.75, 3.05) is 0 Å². The molecule has 2 aliphatic rings. The second-order valence-corrected chi connectivity index (χ2v) is 10.5. The molecule has 0 saturated heterocycles. The Morgan fingerprint density at radius 3 is 1.30 bits per heavy atom.